The summed E-state index contributed by atoms with van der Waals surface area (Å²) in [6.07, 6.45) is -4.09. The quantitative estimate of drug-likeness (QED) is 0.600. The Kier molecular flexibility index (Phi) is 2.63. The van der Waals surface area contributed by atoms with Crippen LogP contribution in [0.5, 0.6) is 0 Å². The Hall–Kier alpha value is -0.290. The molecule has 1 fully saturated rings. The van der Waals surface area contributed by atoms with Crippen LogP contribution in [0.2, 0.25) is 0 Å². The summed E-state index contributed by atoms with van der Waals surface area (Å²) >= 11 is 0. The Morgan fingerprint density at radius 2 is 1.83 bits per heavy atom. The van der Waals surface area contributed by atoms with Crippen LogP contribution in [-0.4, -0.2) is 48.8 Å². The number of likely N-dealkylation sites (N-methyl/N-ethyl adjacent to an activating group) is 1. The standard InChI is InChI=1S/C7H13F3N2/c1-6(7(8,9)10)12-4-3-11(2)5-12/h6H,3-5H2,1-2H3. The van der Waals surface area contributed by atoms with E-state index in [9.17, 15) is 13.2 Å². The van der Waals surface area contributed by atoms with Gasteiger partial charge in [-0.2, -0.15) is 13.2 Å². The lowest BCUT2D eigenvalue weighted by atomic mass is 10.3. The highest BCUT2D eigenvalue weighted by Crippen LogP contribution is 2.25. The molecule has 1 aliphatic rings. The third-order valence-corrected chi connectivity index (χ3v) is 2.21. The summed E-state index contributed by atoms with van der Waals surface area (Å²) < 4.78 is 36.5. The van der Waals surface area contributed by atoms with Crippen molar-refractivity contribution in [3.63, 3.8) is 0 Å². The molecule has 1 saturated heterocycles. The van der Waals surface area contributed by atoms with Gasteiger partial charge in [0.05, 0.1) is 6.67 Å². The summed E-state index contributed by atoms with van der Waals surface area (Å²) in [4.78, 5) is 3.31. The summed E-state index contributed by atoms with van der Waals surface area (Å²) in [5, 5.41) is 0. The molecule has 72 valence electrons. The van der Waals surface area contributed by atoms with Gasteiger partial charge in [0, 0.05) is 13.1 Å². The van der Waals surface area contributed by atoms with Gasteiger partial charge in [0.1, 0.15) is 6.04 Å². The highest BCUT2D eigenvalue weighted by Gasteiger charge is 2.41. The number of hydrogen-bond donors (Lipinski definition) is 0. The van der Waals surface area contributed by atoms with E-state index in [1.807, 2.05) is 11.9 Å². The molecule has 0 amide bonds. The number of halogens is 3. The monoisotopic (exact) mass is 182 g/mol. The van der Waals surface area contributed by atoms with Gasteiger partial charge in [0.25, 0.3) is 0 Å². The Bertz CT molecular complexity index is 157. The molecule has 5 heteroatoms. The normalized spacial score (nSPS) is 24.8. The fraction of sp³-hybridized carbons (Fsp3) is 1.00. The smallest absolute Gasteiger partial charge is 0.292 e. The van der Waals surface area contributed by atoms with Crippen LogP contribution in [0, 0.1) is 0 Å². The maximum atomic E-state index is 12.2. The van der Waals surface area contributed by atoms with E-state index in [1.54, 1.807) is 0 Å². The van der Waals surface area contributed by atoms with Gasteiger partial charge in [0.2, 0.25) is 0 Å². The second-order valence-electron chi connectivity index (χ2n) is 3.25. The summed E-state index contributed by atoms with van der Waals surface area (Å²) in [5.41, 5.74) is 0. The van der Waals surface area contributed by atoms with Crippen LogP contribution in [0.4, 0.5) is 13.2 Å². The van der Waals surface area contributed by atoms with Crippen molar-refractivity contribution in [2.45, 2.75) is 19.1 Å². The van der Waals surface area contributed by atoms with Crippen molar-refractivity contribution in [2.75, 3.05) is 26.8 Å². The van der Waals surface area contributed by atoms with E-state index in [1.165, 1.54) is 11.8 Å². The predicted octanol–water partition coefficient (Wildman–Crippen LogP) is 1.14. The molecule has 0 aliphatic carbocycles. The molecule has 0 aromatic rings. The van der Waals surface area contributed by atoms with Gasteiger partial charge in [0.15, 0.2) is 0 Å². The van der Waals surface area contributed by atoms with Gasteiger partial charge < -0.3 is 0 Å². The van der Waals surface area contributed by atoms with Gasteiger partial charge in [-0.3, -0.25) is 9.80 Å². The van der Waals surface area contributed by atoms with Gasteiger partial charge in [-0.25, -0.2) is 0 Å². The lowest BCUT2D eigenvalue weighted by Crippen LogP contribution is -2.42. The van der Waals surface area contributed by atoms with E-state index in [0.717, 1.165) is 6.54 Å². The number of hydrogen-bond acceptors (Lipinski definition) is 2. The molecule has 0 saturated carbocycles. The topological polar surface area (TPSA) is 6.48 Å². The first-order chi connectivity index (χ1) is 5.41. The Balaban J connectivity index is 2.48. The van der Waals surface area contributed by atoms with Crippen molar-refractivity contribution in [3.8, 4) is 0 Å². The average molecular weight is 182 g/mol. The van der Waals surface area contributed by atoms with E-state index in [2.05, 4.69) is 0 Å². The van der Waals surface area contributed by atoms with Crippen molar-refractivity contribution >= 4 is 0 Å². The molecule has 0 radical (unpaired) electrons. The van der Waals surface area contributed by atoms with E-state index in [4.69, 9.17) is 0 Å². The second kappa shape index (κ2) is 3.22. The minimum absolute atomic E-state index is 0.417. The van der Waals surface area contributed by atoms with E-state index in [-0.39, 0.29) is 0 Å². The molecule has 1 unspecified atom stereocenters. The third kappa shape index (κ3) is 2.10. The van der Waals surface area contributed by atoms with E-state index >= 15 is 0 Å². The van der Waals surface area contributed by atoms with Crippen LogP contribution in [-0.2, 0) is 0 Å². The Morgan fingerprint density at radius 3 is 2.17 bits per heavy atom. The molecule has 12 heavy (non-hydrogen) atoms. The molecule has 0 bridgehead atoms. The Morgan fingerprint density at radius 1 is 1.25 bits per heavy atom. The van der Waals surface area contributed by atoms with E-state index in [0.29, 0.717) is 13.2 Å². The first kappa shape index (κ1) is 9.80. The molecule has 0 N–H and O–H groups in total. The maximum absolute atomic E-state index is 12.2. The first-order valence-corrected chi connectivity index (χ1v) is 3.90. The minimum Gasteiger partial charge on any atom is -0.292 e. The summed E-state index contributed by atoms with van der Waals surface area (Å²) in [5.74, 6) is 0. The van der Waals surface area contributed by atoms with Crippen molar-refractivity contribution in [2.24, 2.45) is 0 Å². The SMILES string of the molecule is CC(N1CCN(C)C1)C(F)(F)F. The van der Waals surface area contributed by atoms with Crippen LogP contribution in [0.25, 0.3) is 0 Å². The van der Waals surface area contributed by atoms with Crippen LogP contribution in [0.15, 0.2) is 0 Å². The number of nitrogens with zero attached hydrogens (tertiary/aromatic N) is 2. The van der Waals surface area contributed by atoms with Gasteiger partial charge in [-0.15, -0.1) is 0 Å². The fourth-order valence-corrected chi connectivity index (χ4v) is 1.27. The lowest BCUT2D eigenvalue weighted by molar-refractivity contribution is -0.177. The average Bonchev–Trinajstić information content (AvgIpc) is 2.32. The highest BCUT2D eigenvalue weighted by molar-refractivity contribution is 4.78. The zero-order valence-electron chi connectivity index (χ0n) is 7.23. The van der Waals surface area contributed by atoms with Gasteiger partial charge in [-0.05, 0) is 14.0 Å². The zero-order valence-corrected chi connectivity index (χ0v) is 7.23. The number of alkyl halides is 3. The predicted molar refractivity (Wildman–Crippen MR) is 39.7 cm³/mol. The summed E-state index contributed by atoms with van der Waals surface area (Å²) in [7, 11) is 1.82. The zero-order chi connectivity index (χ0) is 9.35. The molecule has 1 heterocycles. The Labute approximate surface area is 69.9 Å². The molecule has 1 rings (SSSR count). The third-order valence-electron chi connectivity index (χ3n) is 2.21. The number of rotatable bonds is 1. The van der Waals surface area contributed by atoms with Crippen molar-refractivity contribution < 1.29 is 13.2 Å². The van der Waals surface area contributed by atoms with Crippen LogP contribution in [0.3, 0.4) is 0 Å². The van der Waals surface area contributed by atoms with Crippen LogP contribution >= 0.6 is 0 Å². The van der Waals surface area contributed by atoms with E-state index < -0.39 is 12.2 Å². The summed E-state index contributed by atoms with van der Waals surface area (Å²) in [6, 6.07) is -1.32. The molecule has 0 aromatic carbocycles. The van der Waals surface area contributed by atoms with Crippen molar-refractivity contribution in [1.82, 2.24) is 9.80 Å². The maximum Gasteiger partial charge on any atom is 0.403 e. The first-order valence-electron chi connectivity index (χ1n) is 3.90. The molecule has 1 atom stereocenters. The minimum atomic E-state index is -4.09. The van der Waals surface area contributed by atoms with Crippen LogP contribution in [0.1, 0.15) is 6.92 Å². The van der Waals surface area contributed by atoms with Crippen LogP contribution < -0.4 is 0 Å². The van der Waals surface area contributed by atoms with Gasteiger partial charge in [-0.1, -0.05) is 0 Å². The lowest BCUT2D eigenvalue weighted by Gasteiger charge is -2.25. The molecule has 2 nitrogen and oxygen atoms in total. The molecular formula is C7H13F3N2. The van der Waals surface area contributed by atoms with Gasteiger partial charge >= 0.3 is 6.18 Å². The largest absolute Gasteiger partial charge is 0.403 e. The molecule has 0 aromatic heterocycles. The van der Waals surface area contributed by atoms with Crippen molar-refractivity contribution in [1.29, 1.82) is 0 Å². The fourth-order valence-electron chi connectivity index (χ4n) is 1.27. The molecular weight excluding hydrogens is 169 g/mol. The molecule has 1 aliphatic heterocycles. The second-order valence-corrected chi connectivity index (χ2v) is 3.25. The van der Waals surface area contributed by atoms with Crippen molar-refractivity contribution in [3.05, 3.63) is 0 Å². The summed E-state index contributed by atoms with van der Waals surface area (Å²) in [6.45, 7) is 2.86. The highest BCUT2D eigenvalue weighted by atomic mass is 19.4. The molecule has 0 spiro atoms.